The first-order valence-electron chi connectivity index (χ1n) is 19.1. The number of ether oxygens (including phenoxy) is 3. The van der Waals surface area contributed by atoms with Crippen molar-refractivity contribution in [2.45, 2.75) is 71.2 Å². The van der Waals surface area contributed by atoms with Crippen LogP contribution in [0.4, 0.5) is 10.5 Å². The van der Waals surface area contributed by atoms with Crippen LogP contribution < -0.4 is 14.4 Å². The molecule has 1 aliphatic carbocycles. The van der Waals surface area contributed by atoms with Crippen molar-refractivity contribution >= 4 is 45.1 Å². The molecule has 1 N–H and O–H groups in total. The molecule has 1 fully saturated rings. The zero-order valence-electron chi connectivity index (χ0n) is 31.7. The van der Waals surface area contributed by atoms with Crippen LogP contribution in [-0.2, 0) is 45.4 Å². The van der Waals surface area contributed by atoms with Crippen LogP contribution in [-0.4, -0.2) is 77.4 Å². The molecule has 294 valence electrons. The molecular weight excluding hydrogens is 742 g/mol. The third-order valence-electron chi connectivity index (χ3n) is 11.4. The number of fused-ring (bicyclic) bond motifs is 4. The van der Waals surface area contributed by atoms with Gasteiger partial charge in [0.05, 0.1) is 49.1 Å². The molecule has 1 unspecified atom stereocenters. The van der Waals surface area contributed by atoms with Crippen molar-refractivity contribution in [3.63, 3.8) is 0 Å². The minimum Gasteiger partial charge on any atom is -0.491 e. The smallest absolute Gasteiger partial charge is 0.339 e. The Balaban J connectivity index is 1.26. The monoisotopic (exact) mass is 791 g/mol. The summed E-state index contributed by atoms with van der Waals surface area (Å²) in [7, 11) is -0.576. The van der Waals surface area contributed by atoms with Crippen LogP contribution in [0.15, 0.2) is 65.2 Å². The fourth-order valence-corrected chi connectivity index (χ4v) is 10.3. The van der Waals surface area contributed by atoms with Gasteiger partial charge in [-0.3, -0.25) is 9.52 Å². The Morgan fingerprint density at radius 3 is 2.67 bits per heavy atom. The summed E-state index contributed by atoms with van der Waals surface area (Å²) in [5, 5.41) is 0.701. The number of carbonyl (C=O) groups excluding carboxylic acids is 3. The predicted molar refractivity (Wildman–Crippen MR) is 212 cm³/mol. The molecule has 4 heterocycles. The highest BCUT2D eigenvalue weighted by atomic mass is 35.5. The minimum atomic E-state index is -3.63. The lowest BCUT2D eigenvalue weighted by Crippen LogP contribution is -2.47. The fraction of sp³-hybridized carbons (Fsp3) is 0.488. The number of nitrogens with one attached hydrogen (secondary N) is 1. The Hall–Kier alpha value is -4.33. The lowest BCUT2D eigenvalue weighted by molar-refractivity contribution is 0.0133. The van der Waals surface area contributed by atoms with Crippen LogP contribution in [0.1, 0.15) is 76.6 Å². The van der Waals surface area contributed by atoms with Crippen LogP contribution >= 0.6 is 11.6 Å². The molecule has 1 saturated carbocycles. The first-order chi connectivity index (χ1) is 26.5. The first kappa shape index (κ1) is 38.9. The highest BCUT2D eigenvalue weighted by molar-refractivity contribution is 7.92. The van der Waals surface area contributed by atoms with Gasteiger partial charge in [-0.25, -0.2) is 13.8 Å². The summed E-state index contributed by atoms with van der Waals surface area (Å²) in [4.78, 5) is 44.2. The highest BCUT2D eigenvalue weighted by Crippen LogP contribution is 2.42. The molecule has 12 nitrogen and oxygen atoms in total. The fourth-order valence-electron chi connectivity index (χ4n) is 8.22. The van der Waals surface area contributed by atoms with Crippen LogP contribution in [0.5, 0.6) is 5.75 Å². The number of halogens is 1. The number of aromatic nitrogens is 1. The van der Waals surface area contributed by atoms with Gasteiger partial charge >= 0.3 is 12.0 Å². The average molecular weight is 792 g/mol. The topological polar surface area (TPSA) is 132 Å². The number of nitrogens with zero attached hydrogens (tertiary/aromatic N) is 4. The summed E-state index contributed by atoms with van der Waals surface area (Å²) in [6.45, 7) is 4.59. The summed E-state index contributed by atoms with van der Waals surface area (Å²) in [6.07, 6.45) is 11.2. The number of allylic oxidation sites excluding steroid dienone is 1. The number of urea groups is 1. The van der Waals surface area contributed by atoms with Gasteiger partial charge in [-0.15, -0.1) is 4.36 Å². The van der Waals surface area contributed by atoms with E-state index >= 15 is 0 Å². The SMILES string of the molecule is COC(=O)c1ccn2c1CN(C(=O)NS1(=O)=NC(=O)c3ccc4c(c3)N(Cc3ccc(Cl)cc3CCCCO4)C[C@@H]3CC[C@H]3[C@@H](OC)/C=C/C[C@H](C)C1)CC2. The van der Waals surface area contributed by atoms with Crippen molar-refractivity contribution in [3.05, 3.63) is 93.8 Å². The van der Waals surface area contributed by atoms with E-state index in [1.165, 1.54) is 17.6 Å². The molecule has 2 bridgehead atoms. The second-order valence-electron chi connectivity index (χ2n) is 15.1. The van der Waals surface area contributed by atoms with Gasteiger partial charge in [-0.05, 0) is 104 Å². The number of hydrogen-bond acceptors (Lipinski definition) is 8. The van der Waals surface area contributed by atoms with Crippen molar-refractivity contribution in [1.82, 2.24) is 14.2 Å². The second kappa shape index (κ2) is 16.8. The Kier molecular flexibility index (Phi) is 11.9. The number of amides is 3. The van der Waals surface area contributed by atoms with E-state index in [4.69, 9.17) is 25.8 Å². The summed E-state index contributed by atoms with van der Waals surface area (Å²) >= 11 is 6.48. The Labute approximate surface area is 328 Å². The zero-order valence-corrected chi connectivity index (χ0v) is 33.3. The lowest BCUT2D eigenvalue weighted by atomic mass is 9.70. The van der Waals surface area contributed by atoms with E-state index in [0.717, 1.165) is 43.4 Å². The van der Waals surface area contributed by atoms with Crippen LogP contribution in [0.25, 0.3) is 0 Å². The van der Waals surface area contributed by atoms with Crippen LogP contribution in [0.2, 0.25) is 5.02 Å². The standard InChI is InChI=1S/C41H50ClN5O7S/c1-27-7-6-9-37(52-2)33-14-11-31(33)24-47-23-30-10-13-32(42)21-28(30)8-4-5-20-54-38-15-12-29(22-35(38)47)39(48)43-55(51,26-27)44-41(50)46-19-18-45-17-16-34(36(45)25-46)40(49)53-3/h6,9-10,12-13,15-17,21-22,27,31,33,37H,4-5,7-8,11,14,18-20,23-26H2,1-3H3,(H,43,44,48,50,51)/b9-6+/t27-,31-,33+,37-,55?/m0/s1. The molecule has 0 saturated heterocycles. The molecule has 0 spiro atoms. The average Bonchev–Trinajstić information content (AvgIpc) is 3.57. The second-order valence-corrected chi connectivity index (χ2v) is 17.6. The summed E-state index contributed by atoms with van der Waals surface area (Å²) in [5.41, 5.74) is 4.35. The molecule has 3 aromatic rings. The van der Waals surface area contributed by atoms with Gasteiger partial charge in [0.15, 0.2) is 0 Å². The van der Waals surface area contributed by atoms with Crippen molar-refractivity contribution in [2.75, 3.05) is 44.6 Å². The van der Waals surface area contributed by atoms with Crippen LogP contribution in [0, 0.1) is 17.8 Å². The van der Waals surface area contributed by atoms with Crippen LogP contribution in [0.3, 0.4) is 0 Å². The number of esters is 1. The maximum atomic E-state index is 14.8. The number of carbonyl (C=O) groups is 3. The predicted octanol–water partition coefficient (Wildman–Crippen LogP) is 7.04. The van der Waals surface area contributed by atoms with Crippen molar-refractivity contribution < 1.29 is 32.8 Å². The molecule has 55 heavy (non-hydrogen) atoms. The maximum Gasteiger partial charge on any atom is 0.339 e. The number of anilines is 1. The van der Waals surface area contributed by atoms with E-state index in [0.29, 0.717) is 73.1 Å². The van der Waals surface area contributed by atoms with E-state index in [9.17, 15) is 18.6 Å². The molecular formula is C41H50ClN5O7S. The largest absolute Gasteiger partial charge is 0.491 e. The summed E-state index contributed by atoms with van der Waals surface area (Å²) < 4.78 is 41.1. The van der Waals surface area contributed by atoms with E-state index in [2.05, 4.69) is 38.3 Å². The Morgan fingerprint density at radius 2 is 1.89 bits per heavy atom. The molecule has 3 aliphatic heterocycles. The molecule has 3 amide bonds. The quantitative estimate of drug-likeness (QED) is 0.221. The number of methoxy groups -OCH3 is 2. The van der Waals surface area contributed by atoms with E-state index < -0.39 is 27.8 Å². The molecule has 5 atom stereocenters. The number of hydrogen-bond donors (Lipinski definition) is 1. The molecule has 0 radical (unpaired) electrons. The number of rotatable bonds is 3. The number of aryl methyl sites for hydroxylation is 1. The highest BCUT2D eigenvalue weighted by Gasteiger charge is 2.38. The molecule has 4 aliphatic rings. The molecule has 14 heteroatoms. The van der Waals surface area contributed by atoms with E-state index in [-0.39, 0.29) is 29.9 Å². The summed E-state index contributed by atoms with van der Waals surface area (Å²) in [5.74, 6) is -0.128. The first-order valence-corrected chi connectivity index (χ1v) is 21.2. The van der Waals surface area contributed by atoms with Gasteiger partial charge in [0.25, 0.3) is 5.91 Å². The summed E-state index contributed by atoms with van der Waals surface area (Å²) in [6, 6.07) is 12.4. The van der Waals surface area contributed by atoms with Gasteiger partial charge in [0.2, 0.25) is 0 Å². The third-order valence-corrected chi connectivity index (χ3v) is 13.6. The Morgan fingerprint density at radius 1 is 1.04 bits per heavy atom. The van der Waals surface area contributed by atoms with Gasteiger partial charge < -0.3 is 28.6 Å². The van der Waals surface area contributed by atoms with Crippen molar-refractivity contribution in [1.29, 1.82) is 0 Å². The molecule has 2 aromatic carbocycles. The number of benzene rings is 2. The maximum absolute atomic E-state index is 14.8. The lowest BCUT2D eigenvalue weighted by Gasteiger charge is -2.43. The normalized spacial score (nSPS) is 26.4. The van der Waals surface area contributed by atoms with Gasteiger partial charge in [0.1, 0.15) is 15.7 Å². The van der Waals surface area contributed by atoms with Gasteiger partial charge in [-0.2, -0.15) is 0 Å². The zero-order chi connectivity index (χ0) is 38.7. The van der Waals surface area contributed by atoms with Gasteiger partial charge in [0, 0.05) is 50.1 Å². The third kappa shape index (κ3) is 8.74. The van der Waals surface area contributed by atoms with Crippen molar-refractivity contribution in [2.24, 2.45) is 22.1 Å². The van der Waals surface area contributed by atoms with Gasteiger partial charge in [-0.1, -0.05) is 36.7 Å². The molecule has 1 aromatic heterocycles. The van der Waals surface area contributed by atoms with Crippen molar-refractivity contribution in [3.8, 4) is 5.75 Å². The van der Waals surface area contributed by atoms with E-state index in [1.807, 2.05) is 17.6 Å². The Bertz CT molecular complexity index is 2090. The molecule has 7 rings (SSSR count). The van der Waals surface area contributed by atoms with E-state index in [1.54, 1.807) is 37.6 Å². The minimum absolute atomic E-state index is 0.0460.